The molecule has 0 saturated carbocycles. The zero-order valence-corrected chi connectivity index (χ0v) is 14.9. The van der Waals surface area contributed by atoms with Gasteiger partial charge in [0.25, 0.3) is 0 Å². The lowest BCUT2D eigenvalue weighted by molar-refractivity contribution is -0.0972. The molecular formula is C20H26O4. The molecule has 0 radical (unpaired) electrons. The van der Waals surface area contributed by atoms with Gasteiger partial charge in [0, 0.05) is 37.6 Å². The summed E-state index contributed by atoms with van der Waals surface area (Å²) in [7, 11) is 0. The Labute approximate surface area is 145 Å². The first kappa shape index (κ1) is 20.2. The molecule has 0 saturated heterocycles. The first-order valence-electron chi connectivity index (χ1n) is 8.33. The molecule has 0 unspecified atom stereocenters. The van der Waals surface area contributed by atoms with Crippen LogP contribution in [0.5, 0.6) is 0 Å². The number of rotatable bonds is 8. The lowest BCUT2D eigenvalue weighted by Crippen LogP contribution is -2.15. The van der Waals surface area contributed by atoms with E-state index >= 15 is 0 Å². The van der Waals surface area contributed by atoms with Gasteiger partial charge in [-0.2, -0.15) is 0 Å². The van der Waals surface area contributed by atoms with Gasteiger partial charge in [-0.15, -0.1) is 0 Å². The molecule has 24 heavy (non-hydrogen) atoms. The fourth-order valence-electron chi connectivity index (χ4n) is 1.84. The Morgan fingerprint density at radius 3 is 1.29 bits per heavy atom. The molecule has 1 aromatic carbocycles. The van der Waals surface area contributed by atoms with E-state index < -0.39 is 12.6 Å². The highest BCUT2D eigenvalue weighted by molar-refractivity contribution is 5.50. The largest absolute Gasteiger partial charge is 0.342 e. The Balaban J connectivity index is 2.96. The Bertz CT molecular complexity index is 524. The van der Waals surface area contributed by atoms with Crippen molar-refractivity contribution in [2.24, 2.45) is 0 Å². The maximum absolute atomic E-state index is 5.43. The fourth-order valence-corrected chi connectivity index (χ4v) is 1.84. The zero-order valence-electron chi connectivity index (χ0n) is 14.9. The average Bonchev–Trinajstić information content (AvgIpc) is 2.59. The summed E-state index contributed by atoms with van der Waals surface area (Å²) in [6.45, 7) is 9.83. The van der Waals surface area contributed by atoms with E-state index in [1.807, 2.05) is 52.0 Å². The quantitative estimate of drug-likeness (QED) is 0.542. The first-order valence-corrected chi connectivity index (χ1v) is 8.33. The van der Waals surface area contributed by atoms with Crippen LogP contribution in [0.2, 0.25) is 0 Å². The van der Waals surface area contributed by atoms with Crippen molar-refractivity contribution in [3.05, 3.63) is 35.4 Å². The second kappa shape index (κ2) is 12.6. The van der Waals surface area contributed by atoms with Crippen LogP contribution in [0.1, 0.15) is 38.8 Å². The molecule has 0 bridgehead atoms. The molecule has 0 aliphatic heterocycles. The van der Waals surface area contributed by atoms with Gasteiger partial charge in [-0.25, -0.2) is 0 Å². The van der Waals surface area contributed by atoms with E-state index in [9.17, 15) is 0 Å². The van der Waals surface area contributed by atoms with Crippen molar-refractivity contribution >= 4 is 0 Å². The summed E-state index contributed by atoms with van der Waals surface area (Å²) in [6.07, 6.45) is -1.05. The second-order valence-corrected chi connectivity index (χ2v) is 4.57. The molecule has 130 valence electrons. The topological polar surface area (TPSA) is 36.9 Å². The minimum Gasteiger partial charge on any atom is -0.342 e. The van der Waals surface area contributed by atoms with Gasteiger partial charge in [0.15, 0.2) is 0 Å². The normalized spacial score (nSPS) is 10.2. The first-order chi connectivity index (χ1) is 11.7. The third kappa shape index (κ3) is 7.64. The minimum absolute atomic E-state index is 0.527. The van der Waals surface area contributed by atoms with Crippen LogP contribution >= 0.6 is 0 Å². The molecule has 0 aliphatic carbocycles. The molecule has 0 fully saturated rings. The predicted octanol–water partition coefficient (Wildman–Crippen LogP) is 3.19. The van der Waals surface area contributed by atoms with E-state index in [0.717, 1.165) is 11.1 Å². The van der Waals surface area contributed by atoms with E-state index in [2.05, 4.69) is 23.7 Å². The maximum atomic E-state index is 5.43. The van der Waals surface area contributed by atoms with Crippen molar-refractivity contribution in [1.29, 1.82) is 0 Å². The van der Waals surface area contributed by atoms with Crippen LogP contribution in [-0.4, -0.2) is 39.0 Å². The third-order valence-electron chi connectivity index (χ3n) is 2.85. The predicted molar refractivity (Wildman–Crippen MR) is 94.3 cm³/mol. The van der Waals surface area contributed by atoms with E-state index in [-0.39, 0.29) is 0 Å². The highest BCUT2D eigenvalue weighted by atomic mass is 16.7. The van der Waals surface area contributed by atoms with E-state index in [4.69, 9.17) is 18.9 Å². The van der Waals surface area contributed by atoms with Gasteiger partial charge >= 0.3 is 0 Å². The molecule has 4 heteroatoms. The molecule has 0 amide bonds. The molecule has 0 aromatic heterocycles. The number of hydrogen-bond donors (Lipinski definition) is 0. The van der Waals surface area contributed by atoms with Gasteiger partial charge in [0.2, 0.25) is 12.6 Å². The monoisotopic (exact) mass is 330 g/mol. The summed E-state index contributed by atoms with van der Waals surface area (Å²) in [6, 6.07) is 7.69. The van der Waals surface area contributed by atoms with Gasteiger partial charge in [0.1, 0.15) is 0 Å². The smallest absolute Gasteiger partial charge is 0.222 e. The molecule has 0 N–H and O–H groups in total. The highest BCUT2D eigenvalue weighted by Gasteiger charge is 2.04. The lowest BCUT2D eigenvalue weighted by Gasteiger charge is -2.10. The van der Waals surface area contributed by atoms with Crippen molar-refractivity contribution < 1.29 is 18.9 Å². The molecule has 0 atom stereocenters. The molecule has 0 heterocycles. The highest BCUT2D eigenvalue weighted by Crippen LogP contribution is 2.07. The molecule has 4 nitrogen and oxygen atoms in total. The Kier molecular flexibility index (Phi) is 10.6. The van der Waals surface area contributed by atoms with Gasteiger partial charge in [0.05, 0.1) is 0 Å². The Hall–Kier alpha value is -1.82. The number of hydrogen-bond acceptors (Lipinski definition) is 4. The zero-order chi connectivity index (χ0) is 17.6. The standard InChI is InChI=1S/C20H26O4/c1-5-21-19(22-6-2)15-13-17-11-9-10-12-18(17)14-16-20(23-7-3)24-8-4/h9-12,19-20H,5-8H2,1-4H3. The number of ether oxygens (including phenoxy) is 4. The summed E-state index contributed by atoms with van der Waals surface area (Å²) in [4.78, 5) is 0. The fraction of sp³-hybridized carbons (Fsp3) is 0.500. The summed E-state index contributed by atoms with van der Waals surface area (Å²) in [5, 5.41) is 0. The van der Waals surface area contributed by atoms with Gasteiger partial charge in [-0.3, -0.25) is 0 Å². The van der Waals surface area contributed by atoms with Crippen molar-refractivity contribution in [2.75, 3.05) is 26.4 Å². The molecule has 0 spiro atoms. The molecule has 1 aromatic rings. The summed E-state index contributed by atoms with van der Waals surface area (Å²) in [5.41, 5.74) is 1.64. The molecule has 1 rings (SSSR count). The summed E-state index contributed by atoms with van der Waals surface area (Å²) in [5.74, 6) is 12.2. The van der Waals surface area contributed by atoms with Crippen LogP contribution < -0.4 is 0 Å². The van der Waals surface area contributed by atoms with Crippen molar-refractivity contribution in [1.82, 2.24) is 0 Å². The van der Waals surface area contributed by atoms with Crippen molar-refractivity contribution in [2.45, 2.75) is 40.3 Å². The molecule has 0 aliphatic rings. The van der Waals surface area contributed by atoms with Gasteiger partial charge < -0.3 is 18.9 Å². The lowest BCUT2D eigenvalue weighted by atomic mass is 10.1. The SMILES string of the molecule is CCOC(C#Cc1ccccc1C#CC(OCC)OCC)OCC. The second-order valence-electron chi connectivity index (χ2n) is 4.57. The van der Waals surface area contributed by atoms with E-state index in [1.165, 1.54) is 0 Å². The van der Waals surface area contributed by atoms with Crippen LogP contribution in [0.4, 0.5) is 0 Å². The van der Waals surface area contributed by atoms with Crippen molar-refractivity contribution in [3.63, 3.8) is 0 Å². The minimum atomic E-state index is -0.527. The molecular weight excluding hydrogens is 304 g/mol. The third-order valence-corrected chi connectivity index (χ3v) is 2.85. The van der Waals surface area contributed by atoms with Gasteiger partial charge in [-0.1, -0.05) is 24.0 Å². The van der Waals surface area contributed by atoms with Crippen LogP contribution in [0.15, 0.2) is 24.3 Å². The Morgan fingerprint density at radius 2 is 1.00 bits per heavy atom. The van der Waals surface area contributed by atoms with Gasteiger partial charge in [-0.05, 0) is 51.7 Å². The van der Waals surface area contributed by atoms with Crippen LogP contribution in [-0.2, 0) is 18.9 Å². The van der Waals surface area contributed by atoms with Crippen LogP contribution in [0.25, 0.3) is 0 Å². The van der Waals surface area contributed by atoms with Crippen LogP contribution in [0.3, 0.4) is 0 Å². The van der Waals surface area contributed by atoms with E-state index in [1.54, 1.807) is 0 Å². The summed E-state index contributed by atoms with van der Waals surface area (Å²) >= 11 is 0. The summed E-state index contributed by atoms with van der Waals surface area (Å²) < 4.78 is 21.7. The maximum Gasteiger partial charge on any atom is 0.222 e. The number of benzene rings is 1. The Morgan fingerprint density at radius 1 is 0.667 bits per heavy atom. The van der Waals surface area contributed by atoms with Crippen molar-refractivity contribution in [3.8, 4) is 23.7 Å². The van der Waals surface area contributed by atoms with E-state index in [0.29, 0.717) is 26.4 Å². The van der Waals surface area contributed by atoms with Crippen LogP contribution in [0, 0.1) is 23.7 Å². The average molecular weight is 330 g/mol.